The van der Waals surface area contributed by atoms with Gasteiger partial charge < -0.3 is 15.4 Å². The second kappa shape index (κ2) is 7.49. The number of rotatable bonds is 5. The van der Waals surface area contributed by atoms with Gasteiger partial charge in [0.05, 0.1) is 25.2 Å². The summed E-state index contributed by atoms with van der Waals surface area (Å²) in [4.78, 5) is 4.52. The zero-order valence-electron chi connectivity index (χ0n) is 13.0. The number of aliphatic imine (C=N–C) groups is 1. The second-order valence-electron chi connectivity index (χ2n) is 5.25. The van der Waals surface area contributed by atoms with Crippen molar-refractivity contribution in [3.05, 3.63) is 29.8 Å². The SMILES string of the molecule is CCNC(=NCc1ccccc1OC)NC1CCS(=O)(=O)C1. The number of hydrogen-bond acceptors (Lipinski definition) is 4. The molecule has 1 heterocycles. The second-order valence-corrected chi connectivity index (χ2v) is 7.48. The molecule has 0 bridgehead atoms. The van der Waals surface area contributed by atoms with Crippen molar-refractivity contribution in [2.75, 3.05) is 25.2 Å². The van der Waals surface area contributed by atoms with Crippen LogP contribution in [0.25, 0.3) is 0 Å². The molecule has 7 heteroatoms. The van der Waals surface area contributed by atoms with Crippen LogP contribution in [-0.2, 0) is 16.4 Å². The fourth-order valence-corrected chi connectivity index (χ4v) is 4.09. The molecule has 0 saturated carbocycles. The zero-order chi connectivity index (χ0) is 16.0. The molecule has 1 fully saturated rings. The molecule has 1 aromatic rings. The summed E-state index contributed by atoms with van der Waals surface area (Å²) in [5, 5.41) is 6.35. The van der Waals surface area contributed by atoms with Crippen LogP contribution in [0.5, 0.6) is 5.75 Å². The molecule has 22 heavy (non-hydrogen) atoms. The van der Waals surface area contributed by atoms with Gasteiger partial charge in [0, 0.05) is 18.2 Å². The number of hydrogen-bond donors (Lipinski definition) is 2. The largest absolute Gasteiger partial charge is 0.496 e. The molecule has 1 unspecified atom stereocenters. The fraction of sp³-hybridized carbons (Fsp3) is 0.533. The van der Waals surface area contributed by atoms with Crippen LogP contribution in [0.2, 0.25) is 0 Å². The molecule has 1 aliphatic rings. The summed E-state index contributed by atoms with van der Waals surface area (Å²) in [5.74, 6) is 1.85. The van der Waals surface area contributed by atoms with E-state index in [-0.39, 0.29) is 17.5 Å². The summed E-state index contributed by atoms with van der Waals surface area (Å²) in [7, 11) is -1.26. The summed E-state index contributed by atoms with van der Waals surface area (Å²) >= 11 is 0. The van der Waals surface area contributed by atoms with E-state index < -0.39 is 9.84 Å². The van der Waals surface area contributed by atoms with E-state index in [1.807, 2.05) is 31.2 Å². The minimum Gasteiger partial charge on any atom is -0.496 e. The minimum absolute atomic E-state index is 0.0690. The Balaban J connectivity index is 2.04. The van der Waals surface area contributed by atoms with Gasteiger partial charge >= 0.3 is 0 Å². The van der Waals surface area contributed by atoms with E-state index in [4.69, 9.17) is 4.74 Å². The Bertz CT molecular complexity index is 629. The summed E-state index contributed by atoms with van der Waals surface area (Å²) in [6.07, 6.45) is 0.626. The van der Waals surface area contributed by atoms with E-state index in [0.717, 1.165) is 17.9 Å². The van der Waals surface area contributed by atoms with Crippen LogP contribution in [0.15, 0.2) is 29.3 Å². The predicted octanol–water partition coefficient (Wildman–Crippen LogP) is 0.937. The predicted molar refractivity (Wildman–Crippen MR) is 88.0 cm³/mol. The fourth-order valence-electron chi connectivity index (χ4n) is 2.42. The molecule has 1 atom stereocenters. The number of nitrogens with zero attached hydrogens (tertiary/aromatic N) is 1. The Kier molecular flexibility index (Phi) is 5.65. The molecule has 0 spiro atoms. The van der Waals surface area contributed by atoms with E-state index in [2.05, 4.69) is 15.6 Å². The first-order chi connectivity index (χ1) is 10.5. The Morgan fingerprint density at radius 3 is 2.82 bits per heavy atom. The maximum Gasteiger partial charge on any atom is 0.191 e. The average Bonchev–Trinajstić information content (AvgIpc) is 2.84. The number of benzene rings is 1. The van der Waals surface area contributed by atoms with Crippen molar-refractivity contribution < 1.29 is 13.2 Å². The highest BCUT2D eigenvalue weighted by molar-refractivity contribution is 7.91. The lowest BCUT2D eigenvalue weighted by molar-refractivity contribution is 0.410. The van der Waals surface area contributed by atoms with Crippen LogP contribution in [0.1, 0.15) is 18.9 Å². The first-order valence-corrected chi connectivity index (χ1v) is 9.23. The molecule has 2 N–H and O–H groups in total. The molecule has 1 saturated heterocycles. The van der Waals surface area contributed by atoms with Crippen molar-refractivity contribution in [3.8, 4) is 5.75 Å². The van der Waals surface area contributed by atoms with Gasteiger partial charge in [-0.15, -0.1) is 0 Å². The van der Waals surface area contributed by atoms with Gasteiger partial charge in [-0.05, 0) is 19.4 Å². The Morgan fingerprint density at radius 2 is 2.18 bits per heavy atom. The van der Waals surface area contributed by atoms with Crippen molar-refractivity contribution in [3.63, 3.8) is 0 Å². The van der Waals surface area contributed by atoms with Crippen molar-refractivity contribution >= 4 is 15.8 Å². The number of ether oxygens (including phenoxy) is 1. The quantitative estimate of drug-likeness (QED) is 0.622. The van der Waals surface area contributed by atoms with E-state index in [1.54, 1.807) is 7.11 Å². The molecule has 0 aromatic heterocycles. The summed E-state index contributed by atoms with van der Waals surface area (Å²) in [6.45, 7) is 3.17. The van der Waals surface area contributed by atoms with Gasteiger partial charge in [0.1, 0.15) is 5.75 Å². The highest BCUT2D eigenvalue weighted by Gasteiger charge is 2.28. The van der Waals surface area contributed by atoms with Crippen molar-refractivity contribution in [1.82, 2.24) is 10.6 Å². The van der Waals surface area contributed by atoms with Crippen molar-refractivity contribution in [2.45, 2.75) is 25.9 Å². The normalized spacial score (nSPS) is 20.6. The molecule has 1 aliphatic heterocycles. The molecule has 122 valence electrons. The first-order valence-electron chi connectivity index (χ1n) is 7.41. The maximum absolute atomic E-state index is 11.5. The van der Waals surface area contributed by atoms with Gasteiger partial charge in [0.2, 0.25) is 0 Å². The van der Waals surface area contributed by atoms with E-state index >= 15 is 0 Å². The molecule has 0 amide bonds. The lowest BCUT2D eigenvalue weighted by Crippen LogP contribution is -2.44. The van der Waals surface area contributed by atoms with Crippen LogP contribution in [0.4, 0.5) is 0 Å². The molecule has 0 aliphatic carbocycles. The number of methoxy groups -OCH3 is 1. The van der Waals surface area contributed by atoms with E-state index in [9.17, 15) is 8.42 Å². The van der Waals surface area contributed by atoms with Crippen molar-refractivity contribution in [2.24, 2.45) is 4.99 Å². The molecule has 0 radical (unpaired) electrons. The van der Waals surface area contributed by atoms with Crippen LogP contribution in [-0.4, -0.2) is 45.6 Å². The Hall–Kier alpha value is -1.76. The molecule has 6 nitrogen and oxygen atoms in total. The van der Waals surface area contributed by atoms with E-state index in [1.165, 1.54) is 0 Å². The molecular weight excluding hydrogens is 302 g/mol. The van der Waals surface area contributed by atoms with Crippen LogP contribution in [0.3, 0.4) is 0 Å². The Labute approximate surface area is 131 Å². The maximum atomic E-state index is 11.5. The topological polar surface area (TPSA) is 79.8 Å². The number of nitrogens with one attached hydrogen (secondary N) is 2. The average molecular weight is 325 g/mol. The lowest BCUT2D eigenvalue weighted by Gasteiger charge is -2.16. The third-order valence-corrected chi connectivity index (χ3v) is 5.29. The molecule has 1 aromatic carbocycles. The zero-order valence-corrected chi connectivity index (χ0v) is 13.8. The smallest absolute Gasteiger partial charge is 0.191 e. The van der Waals surface area contributed by atoms with Gasteiger partial charge in [0.25, 0.3) is 0 Å². The lowest BCUT2D eigenvalue weighted by atomic mass is 10.2. The Morgan fingerprint density at radius 1 is 1.41 bits per heavy atom. The van der Waals surface area contributed by atoms with Gasteiger partial charge in [-0.3, -0.25) is 0 Å². The summed E-state index contributed by atoms with van der Waals surface area (Å²) < 4.78 is 28.4. The standard InChI is InChI=1S/C15H23N3O3S/c1-3-16-15(18-13-8-9-22(19,20)11-13)17-10-12-6-4-5-7-14(12)21-2/h4-7,13H,3,8-11H2,1-2H3,(H2,16,17,18). The monoisotopic (exact) mass is 325 g/mol. The number of sulfone groups is 1. The van der Waals surface area contributed by atoms with Crippen LogP contribution < -0.4 is 15.4 Å². The third-order valence-electron chi connectivity index (χ3n) is 3.52. The first kappa shape index (κ1) is 16.6. The van der Waals surface area contributed by atoms with Gasteiger partial charge in [-0.2, -0.15) is 0 Å². The molecular formula is C15H23N3O3S. The van der Waals surface area contributed by atoms with Gasteiger partial charge in [0.15, 0.2) is 15.8 Å². The van der Waals surface area contributed by atoms with Crippen LogP contribution >= 0.6 is 0 Å². The number of para-hydroxylation sites is 1. The third kappa shape index (κ3) is 4.62. The summed E-state index contributed by atoms with van der Waals surface area (Å²) in [5.41, 5.74) is 0.987. The summed E-state index contributed by atoms with van der Waals surface area (Å²) in [6, 6.07) is 7.65. The van der Waals surface area contributed by atoms with Gasteiger partial charge in [-0.25, -0.2) is 13.4 Å². The highest BCUT2D eigenvalue weighted by atomic mass is 32.2. The minimum atomic E-state index is -2.90. The van der Waals surface area contributed by atoms with Crippen LogP contribution in [0, 0.1) is 0 Å². The molecule has 2 rings (SSSR count). The highest BCUT2D eigenvalue weighted by Crippen LogP contribution is 2.18. The van der Waals surface area contributed by atoms with Gasteiger partial charge in [-0.1, -0.05) is 18.2 Å². The number of guanidine groups is 1. The van der Waals surface area contributed by atoms with Crippen molar-refractivity contribution in [1.29, 1.82) is 0 Å². The van der Waals surface area contributed by atoms with E-state index in [0.29, 0.717) is 18.9 Å².